The molecule has 0 aliphatic rings. The molecule has 1 aromatic heterocycles. The van der Waals surface area contributed by atoms with Gasteiger partial charge < -0.3 is 0 Å². The summed E-state index contributed by atoms with van der Waals surface area (Å²) in [6.45, 7) is 0. The number of hydrogen-bond acceptors (Lipinski definition) is 4. The van der Waals surface area contributed by atoms with E-state index in [2.05, 4.69) is 9.17 Å². The van der Waals surface area contributed by atoms with E-state index in [-0.39, 0.29) is 0 Å². The molecule has 0 spiro atoms. The Labute approximate surface area is 82.0 Å². The molecule has 13 heavy (non-hydrogen) atoms. The van der Waals surface area contributed by atoms with Crippen LogP contribution in [-0.4, -0.2) is 16.3 Å². The minimum Gasteiger partial charge on any atom is -0.288 e. The van der Waals surface area contributed by atoms with E-state index in [1.54, 1.807) is 0 Å². The molecule has 0 saturated heterocycles. The van der Waals surface area contributed by atoms with E-state index in [4.69, 9.17) is 0 Å². The highest BCUT2D eigenvalue weighted by molar-refractivity contribution is 7.82. The van der Waals surface area contributed by atoms with Gasteiger partial charge in [-0.3, -0.25) is 4.18 Å². The van der Waals surface area contributed by atoms with Gasteiger partial charge in [-0.05, 0) is 12.1 Å². The Morgan fingerprint density at radius 1 is 1.46 bits per heavy atom. The molecule has 1 atom stereocenters. The first-order valence-electron chi connectivity index (χ1n) is 3.63. The molecule has 0 aliphatic carbocycles. The molecule has 0 radical (unpaired) electrons. The van der Waals surface area contributed by atoms with Gasteiger partial charge in [-0.15, -0.1) is 11.3 Å². The summed E-state index contributed by atoms with van der Waals surface area (Å²) in [7, 11) is 1.40. The normalized spacial score (nSPS) is 13.3. The van der Waals surface area contributed by atoms with Crippen LogP contribution in [0, 0.1) is 0 Å². The molecule has 1 unspecified atom stereocenters. The standard InChI is InChI=1S/C8H7NO2S2/c1-11-13(10)8-9-6-4-2-3-5-7(6)12-8/h2-5H,1H3. The first kappa shape index (κ1) is 8.80. The number of aromatic nitrogens is 1. The number of hydrogen-bond donors (Lipinski definition) is 0. The predicted octanol–water partition coefficient (Wildman–Crippen LogP) is 1.97. The highest BCUT2D eigenvalue weighted by Gasteiger charge is 2.08. The number of benzene rings is 1. The zero-order valence-corrected chi connectivity index (χ0v) is 8.52. The molecule has 1 aromatic carbocycles. The van der Waals surface area contributed by atoms with Crippen LogP contribution in [0.15, 0.2) is 28.6 Å². The van der Waals surface area contributed by atoms with Crippen LogP contribution < -0.4 is 0 Å². The lowest BCUT2D eigenvalue weighted by Gasteiger charge is -1.88. The topological polar surface area (TPSA) is 39.2 Å². The Morgan fingerprint density at radius 2 is 2.23 bits per heavy atom. The van der Waals surface area contributed by atoms with Crippen molar-refractivity contribution >= 4 is 32.6 Å². The van der Waals surface area contributed by atoms with Gasteiger partial charge in [0.1, 0.15) is 0 Å². The van der Waals surface area contributed by atoms with Crippen LogP contribution in [0.25, 0.3) is 10.2 Å². The largest absolute Gasteiger partial charge is 0.288 e. The minimum absolute atomic E-state index is 0.517. The van der Waals surface area contributed by atoms with Gasteiger partial charge in [0.2, 0.25) is 15.4 Å². The van der Waals surface area contributed by atoms with Crippen LogP contribution >= 0.6 is 11.3 Å². The Kier molecular flexibility index (Phi) is 2.39. The van der Waals surface area contributed by atoms with Gasteiger partial charge >= 0.3 is 0 Å². The Balaban J connectivity index is 2.56. The fraction of sp³-hybridized carbons (Fsp3) is 0.125. The summed E-state index contributed by atoms with van der Waals surface area (Å²) in [6, 6.07) is 7.67. The number of nitrogens with zero attached hydrogens (tertiary/aromatic N) is 1. The van der Waals surface area contributed by atoms with Crippen molar-refractivity contribution in [1.29, 1.82) is 0 Å². The van der Waals surface area contributed by atoms with Gasteiger partial charge in [0.05, 0.1) is 17.3 Å². The molecule has 5 heteroatoms. The van der Waals surface area contributed by atoms with Gasteiger partial charge in [-0.1, -0.05) is 12.1 Å². The van der Waals surface area contributed by atoms with Crippen LogP contribution in [0.3, 0.4) is 0 Å². The van der Waals surface area contributed by atoms with Crippen LogP contribution in [0.5, 0.6) is 0 Å². The fourth-order valence-electron chi connectivity index (χ4n) is 0.994. The molecule has 0 bridgehead atoms. The average Bonchev–Trinajstić information content (AvgIpc) is 2.59. The van der Waals surface area contributed by atoms with E-state index in [0.29, 0.717) is 4.34 Å². The zero-order valence-electron chi connectivity index (χ0n) is 6.89. The smallest absolute Gasteiger partial charge is 0.218 e. The van der Waals surface area contributed by atoms with Crippen molar-refractivity contribution in [2.45, 2.75) is 4.34 Å². The first-order chi connectivity index (χ1) is 6.31. The van der Waals surface area contributed by atoms with Gasteiger partial charge in [-0.25, -0.2) is 9.19 Å². The maximum Gasteiger partial charge on any atom is 0.218 e. The van der Waals surface area contributed by atoms with Crippen molar-refractivity contribution in [1.82, 2.24) is 4.98 Å². The van der Waals surface area contributed by atoms with Crippen molar-refractivity contribution in [3.8, 4) is 0 Å². The van der Waals surface area contributed by atoms with Crippen LogP contribution in [-0.2, 0) is 15.3 Å². The van der Waals surface area contributed by atoms with Gasteiger partial charge in [0.25, 0.3) is 0 Å². The second kappa shape index (κ2) is 3.53. The van der Waals surface area contributed by atoms with Crippen molar-refractivity contribution in [2.24, 2.45) is 0 Å². The van der Waals surface area contributed by atoms with Gasteiger partial charge in [-0.2, -0.15) is 0 Å². The maximum atomic E-state index is 11.2. The summed E-state index contributed by atoms with van der Waals surface area (Å²) >= 11 is -0.0219. The highest BCUT2D eigenvalue weighted by atomic mass is 32.2. The minimum atomic E-state index is -1.42. The molecular weight excluding hydrogens is 206 g/mol. The summed E-state index contributed by atoms with van der Waals surface area (Å²) in [5.41, 5.74) is 0.868. The molecule has 0 amide bonds. The summed E-state index contributed by atoms with van der Waals surface area (Å²) < 4.78 is 17.5. The zero-order chi connectivity index (χ0) is 9.26. The highest BCUT2D eigenvalue weighted by Crippen LogP contribution is 2.23. The van der Waals surface area contributed by atoms with Gasteiger partial charge in [0.15, 0.2) is 0 Å². The van der Waals surface area contributed by atoms with E-state index in [1.807, 2.05) is 24.3 Å². The average molecular weight is 213 g/mol. The fourth-order valence-corrected chi connectivity index (χ4v) is 2.75. The summed E-state index contributed by atoms with van der Waals surface area (Å²) in [6.07, 6.45) is 0. The van der Waals surface area contributed by atoms with E-state index < -0.39 is 11.1 Å². The molecule has 0 aliphatic heterocycles. The molecule has 1 heterocycles. The number of fused-ring (bicyclic) bond motifs is 1. The molecule has 68 valence electrons. The third-order valence-electron chi connectivity index (χ3n) is 1.57. The number of rotatable bonds is 2. The third-order valence-corrected chi connectivity index (χ3v) is 3.74. The lowest BCUT2D eigenvalue weighted by Crippen LogP contribution is -1.90. The van der Waals surface area contributed by atoms with Crippen molar-refractivity contribution in [3.05, 3.63) is 24.3 Å². The molecule has 3 nitrogen and oxygen atoms in total. The van der Waals surface area contributed by atoms with Gasteiger partial charge in [0, 0.05) is 0 Å². The molecule has 2 aromatic rings. The summed E-state index contributed by atoms with van der Waals surface area (Å²) in [5.74, 6) is 0. The number of para-hydroxylation sites is 1. The Morgan fingerprint density at radius 3 is 2.92 bits per heavy atom. The van der Waals surface area contributed by atoms with E-state index in [0.717, 1.165) is 10.2 Å². The molecule has 0 saturated carbocycles. The second-order valence-corrected chi connectivity index (χ2v) is 4.83. The quantitative estimate of drug-likeness (QED) is 0.765. The Bertz CT molecular complexity index is 419. The van der Waals surface area contributed by atoms with Crippen molar-refractivity contribution in [3.63, 3.8) is 0 Å². The summed E-state index contributed by atoms with van der Waals surface area (Å²) in [5, 5.41) is 0. The van der Waals surface area contributed by atoms with E-state index in [1.165, 1.54) is 18.4 Å². The van der Waals surface area contributed by atoms with Crippen molar-refractivity contribution in [2.75, 3.05) is 7.11 Å². The first-order valence-corrected chi connectivity index (χ1v) is 5.52. The second-order valence-electron chi connectivity index (χ2n) is 2.35. The monoisotopic (exact) mass is 213 g/mol. The molecule has 0 fully saturated rings. The molecular formula is C8H7NO2S2. The van der Waals surface area contributed by atoms with Crippen molar-refractivity contribution < 1.29 is 8.39 Å². The SMILES string of the molecule is COS(=O)c1nc2ccccc2s1. The van der Waals surface area contributed by atoms with Crippen LogP contribution in [0.4, 0.5) is 0 Å². The molecule has 2 rings (SSSR count). The Hall–Kier alpha value is -0.780. The predicted molar refractivity (Wildman–Crippen MR) is 53.0 cm³/mol. The third kappa shape index (κ3) is 1.63. The lowest BCUT2D eigenvalue weighted by atomic mass is 10.3. The maximum absolute atomic E-state index is 11.2. The van der Waals surface area contributed by atoms with Crippen LogP contribution in [0.1, 0.15) is 0 Å². The lowest BCUT2D eigenvalue weighted by molar-refractivity contribution is 0.445. The van der Waals surface area contributed by atoms with Crippen LogP contribution in [0.2, 0.25) is 0 Å². The number of thiazole rings is 1. The van der Waals surface area contributed by atoms with E-state index in [9.17, 15) is 4.21 Å². The van der Waals surface area contributed by atoms with E-state index >= 15 is 0 Å². The summed E-state index contributed by atoms with van der Waals surface area (Å²) in [4.78, 5) is 4.18. The molecule has 0 N–H and O–H groups in total.